The summed E-state index contributed by atoms with van der Waals surface area (Å²) in [4.78, 5) is 17.7. The van der Waals surface area contributed by atoms with Gasteiger partial charge in [0, 0.05) is 0 Å². The molecule has 1 aromatic carbocycles. The number of para-hydroxylation sites is 1. The lowest BCUT2D eigenvalue weighted by atomic mass is 9.58. The molecule has 1 N–H and O–H groups in total. The van der Waals surface area contributed by atoms with Crippen LogP contribution < -0.4 is 5.32 Å². The van der Waals surface area contributed by atoms with Crippen molar-refractivity contribution < 1.29 is 4.79 Å². The van der Waals surface area contributed by atoms with Crippen LogP contribution in [-0.2, 0) is 4.79 Å². The number of fused-ring (bicyclic) bond motifs is 2. The van der Waals surface area contributed by atoms with Crippen LogP contribution in [0.25, 0.3) is 10.2 Å². The van der Waals surface area contributed by atoms with E-state index in [0.717, 1.165) is 52.4 Å². The zero-order valence-electron chi connectivity index (χ0n) is 13.3. The van der Waals surface area contributed by atoms with Gasteiger partial charge in [-0.05, 0) is 62.0 Å². The van der Waals surface area contributed by atoms with Gasteiger partial charge in [-0.3, -0.25) is 4.79 Å². The SMILES string of the molecule is O=C(Nc1nc2ccccc2s1)C12CC3C[C@H](CC[C@@H](C3)C1)C2. The van der Waals surface area contributed by atoms with Gasteiger partial charge in [0.2, 0.25) is 5.91 Å². The van der Waals surface area contributed by atoms with E-state index < -0.39 is 0 Å². The van der Waals surface area contributed by atoms with E-state index in [-0.39, 0.29) is 11.3 Å². The first-order valence-electron chi connectivity index (χ1n) is 8.87. The first-order chi connectivity index (χ1) is 11.2. The molecule has 1 amide bonds. The van der Waals surface area contributed by atoms with E-state index in [0.29, 0.717) is 0 Å². The van der Waals surface area contributed by atoms with E-state index in [1.807, 2.05) is 18.2 Å². The predicted molar refractivity (Wildman–Crippen MR) is 93.5 cm³/mol. The second-order valence-corrected chi connectivity index (χ2v) is 9.01. The molecule has 4 fully saturated rings. The fourth-order valence-electron chi connectivity index (χ4n) is 5.62. The Labute approximate surface area is 140 Å². The standard InChI is InChI=1S/C19H22N2OS/c22-17(21-18-20-15-3-1-2-4-16(15)23-18)19-9-12-5-6-13(10-19)8-14(7-12)11-19/h1-4,12-14H,5-11H2,(H,20,21,22)/t12-,13-,14?,19?/m0/s1. The summed E-state index contributed by atoms with van der Waals surface area (Å²) in [6, 6.07) is 8.10. The molecule has 0 saturated heterocycles. The Hall–Kier alpha value is -1.42. The number of rotatable bonds is 2. The average molecular weight is 326 g/mol. The van der Waals surface area contributed by atoms with Crippen molar-refractivity contribution in [1.29, 1.82) is 0 Å². The maximum Gasteiger partial charge on any atom is 0.232 e. The van der Waals surface area contributed by atoms with Crippen LogP contribution in [0, 0.1) is 23.2 Å². The van der Waals surface area contributed by atoms with Gasteiger partial charge in [-0.1, -0.05) is 36.3 Å². The minimum atomic E-state index is -0.106. The van der Waals surface area contributed by atoms with Gasteiger partial charge in [0.1, 0.15) is 0 Å². The van der Waals surface area contributed by atoms with E-state index in [9.17, 15) is 4.79 Å². The van der Waals surface area contributed by atoms with Crippen LogP contribution in [0.2, 0.25) is 0 Å². The first kappa shape index (κ1) is 14.0. The fourth-order valence-corrected chi connectivity index (χ4v) is 6.49. The number of anilines is 1. The number of nitrogens with one attached hydrogen (secondary N) is 1. The third kappa shape index (κ3) is 2.30. The van der Waals surface area contributed by atoms with Crippen molar-refractivity contribution in [3.63, 3.8) is 0 Å². The summed E-state index contributed by atoms with van der Waals surface area (Å²) >= 11 is 1.59. The largest absolute Gasteiger partial charge is 0.301 e. The van der Waals surface area contributed by atoms with Crippen molar-refractivity contribution in [1.82, 2.24) is 4.98 Å². The van der Waals surface area contributed by atoms with Crippen LogP contribution in [-0.4, -0.2) is 10.9 Å². The molecule has 1 aromatic heterocycles. The lowest BCUT2D eigenvalue weighted by Gasteiger charge is -2.46. The number of nitrogens with zero attached hydrogens (tertiary/aromatic N) is 1. The van der Waals surface area contributed by atoms with Crippen LogP contribution in [0.15, 0.2) is 24.3 Å². The maximum absolute atomic E-state index is 13.2. The molecule has 4 saturated carbocycles. The van der Waals surface area contributed by atoms with Gasteiger partial charge in [-0.15, -0.1) is 0 Å². The van der Waals surface area contributed by atoms with Crippen molar-refractivity contribution in [2.24, 2.45) is 23.2 Å². The summed E-state index contributed by atoms with van der Waals surface area (Å²) in [7, 11) is 0. The minimum Gasteiger partial charge on any atom is -0.301 e. The molecule has 0 aliphatic heterocycles. The van der Waals surface area contributed by atoms with Gasteiger partial charge in [0.15, 0.2) is 5.13 Å². The smallest absolute Gasteiger partial charge is 0.232 e. The van der Waals surface area contributed by atoms with Crippen LogP contribution >= 0.6 is 11.3 Å². The number of carbonyl (C=O) groups is 1. The Morgan fingerprint density at radius 1 is 1.09 bits per heavy atom. The summed E-state index contributed by atoms with van der Waals surface area (Å²) in [5.41, 5.74) is 0.876. The van der Waals surface area contributed by atoms with Crippen molar-refractivity contribution >= 4 is 32.6 Å². The van der Waals surface area contributed by atoms with E-state index in [1.54, 1.807) is 11.3 Å². The van der Waals surface area contributed by atoms with Crippen molar-refractivity contribution in [2.75, 3.05) is 5.32 Å². The van der Waals surface area contributed by atoms with Gasteiger partial charge in [0.25, 0.3) is 0 Å². The number of aromatic nitrogens is 1. The molecule has 3 nitrogen and oxygen atoms in total. The molecule has 23 heavy (non-hydrogen) atoms. The Morgan fingerprint density at radius 2 is 1.78 bits per heavy atom. The Bertz CT molecular complexity index is 719. The highest BCUT2D eigenvalue weighted by Crippen LogP contribution is 2.58. The Balaban J connectivity index is 1.43. The molecule has 6 rings (SSSR count). The second kappa shape index (κ2) is 5.04. The van der Waals surface area contributed by atoms with Crippen molar-refractivity contribution in [2.45, 2.75) is 44.9 Å². The minimum absolute atomic E-state index is 0.106. The molecular formula is C19H22N2OS. The molecule has 0 spiro atoms. The van der Waals surface area contributed by atoms with Crippen LogP contribution in [0.1, 0.15) is 44.9 Å². The van der Waals surface area contributed by atoms with Crippen LogP contribution in [0.5, 0.6) is 0 Å². The van der Waals surface area contributed by atoms with E-state index >= 15 is 0 Å². The highest BCUT2D eigenvalue weighted by molar-refractivity contribution is 7.22. The van der Waals surface area contributed by atoms with Gasteiger partial charge in [-0.25, -0.2) is 4.98 Å². The Kier molecular flexibility index (Phi) is 3.06. The fraction of sp³-hybridized carbons (Fsp3) is 0.579. The first-order valence-corrected chi connectivity index (χ1v) is 9.69. The molecule has 4 aliphatic rings. The normalized spacial score (nSPS) is 35.4. The average Bonchev–Trinajstić information content (AvgIpc) is 2.82. The number of hydrogen-bond donors (Lipinski definition) is 1. The molecule has 4 bridgehead atoms. The lowest BCUT2D eigenvalue weighted by molar-refractivity contribution is -0.132. The van der Waals surface area contributed by atoms with E-state index in [1.165, 1.54) is 25.7 Å². The molecule has 0 unspecified atom stereocenters. The maximum atomic E-state index is 13.2. The molecule has 4 aliphatic carbocycles. The molecule has 2 aromatic rings. The molecular weight excluding hydrogens is 304 g/mol. The number of carbonyl (C=O) groups excluding carboxylic acids is 1. The van der Waals surface area contributed by atoms with Gasteiger partial charge < -0.3 is 5.32 Å². The highest BCUT2D eigenvalue weighted by atomic mass is 32.1. The van der Waals surface area contributed by atoms with E-state index in [4.69, 9.17) is 0 Å². The Morgan fingerprint density at radius 3 is 2.52 bits per heavy atom. The summed E-state index contributed by atoms with van der Waals surface area (Å²) in [5, 5.41) is 3.95. The van der Waals surface area contributed by atoms with Crippen molar-refractivity contribution in [3.8, 4) is 0 Å². The van der Waals surface area contributed by atoms with Gasteiger partial charge in [-0.2, -0.15) is 0 Å². The quantitative estimate of drug-likeness (QED) is 0.858. The molecule has 2 atom stereocenters. The van der Waals surface area contributed by atoms with Gasteiger partial charge in [0.05, 0.1) is 15.6 Å². The summed E-state index contributed by atoms with van der Waals surface area (Å²) in [6.07, 6.45) is 8.75. The van der Waals surface area contributed by atoms with Crippen molar-refractivity contribution in [3.05, 3.63) is 24.3 Å². The topological polar surface area (TPSA) is 42.0 Å². The van der Waals surface area contributed by atoms with Crippen LogP contribution in [0.4, 0.5) is 5.13 Å². The summed E-state index contributed by atoms with van der Waals surface area (Å²) in [6.45, 7) is 0. The zero-order chi connectivity index (χ0) is 15.4. The zero-order valence-corrected chi connectivity index (χ0v) is 14.1. The third-order valence-electron chi connectivity index (χ3n) is 6.35. The molecule has 1 heterocycles. The number of benzene rings is 1. The number of thiazole rings is 1. The van der Waals surface area contributed by atoms with E-state index in [2.05, 4.69) is 16.4 Å². The second-order valence-electron chi connectivity index (χ2n) is 7.98. The van der Waals surface area contributed by atoms with Crippen LogP contribution in [0.3, 0.4) is 0 Å². The monoisotopic (exact) mass is 326 g/mol. The number of hydrogen-bond acceptors (Lipinski definition) is 3. The lowest BCUT2D eigenvalue weighted by Crippen LogP contribution is -2.45. The highest BCUT2D eigenvalue weighted by Gasteiger charge is 2.52. The van der Waals surface area contributed by atoms with Gasteiger partial charge >= 0.3 is 0 Å². The number of amides is 1. The molecule has 4 heteroatoms. The molecule has 120 valence electrons. The molecule has 0 radical (unpaired) electrons. The predicted octanol–water partition coefficient (Wildman–Crippen LogP) is 4.84. The summed E-state index contributed by atoms with van der Waals surface area (Å²) < 4.78 is 1.14. The third-order valence-corrected chi connectivity index (χ3v) is 7.30. The summed E-state index contributed by atoms with van der Waals surface area (Å²) in [5.74, 6) is 2.60.